The van der Waals surface area contributed by atoms with Crippen LogP contribution < -0.4 is 0 Å². The minimum Gasteiger partial charge on any atom is -0.394 e. The van der Waals surface area contributed by atoms with E-state index in [0.717, 1.165) is 0 Å². The van der Waals surface area contributed by atoms with E-state index in [1.165, 1.54) is 0 Å². The molecule has 1 aliphatic heterocycles. The van der Waals surface area contributed by atoms with Gasteiger partial charge in [-0.25, -0.2) is 0 Å². The number of halogens is 1. The normalized spacial score (nSPS) is 39.9. The van der Waals surface area contributed by atoms with Gasteiger partial charge in [-0.2, -0.15) is 0 Å². The summed E-state index contributed by atoms with van der Waals surface area (Å²) in [6.45, 7) is 7.83. The molecular formula is C10H20IO3PV. The smallest absolute Gasteiger partial charge is 0.0845 e. The summed E-state index contributed by atoms with van der Waals surface area (Å²) in [5.41, 5.74) is 0. The van der Waals surface area contributed by atoms with Crippen molar-refractivity contribution in [2.75, 3.05) is 13.2 Å². The molecule has 1 N–H and O–H groups in total. The van der Waals surface area contributed by atoms with Crippen molar-refractivity contribution in [1.82, 2.24) is 0 Å². The molecule has 0 aliphatic carbocycles. The molecule has 0 bridgehead atoms. The van der Waals surface area contributed by atoms with Gasteiger partial charge in [-0.3, -0.25) is 0 Å². The Kier molecular flexibility index (Phi) is 9.56. The van der Waals surface area contributed by atoms with E-state index < -0.39 is 0 Å². The summed E-state index contributed by atoms with van der Waals surface area (Å²) in [5.74, 6) is 1.49. The van der Waals surface area contributed by atoms with Crippen molar-refractivity contribution < 1.29 is 32.9 Å². The molecule has 1 radical (unpaired) electrons. The van der Waals surface area contributed by atoms with Crippen molar-refractivity contribution in [2.45, 2.75) is 33.0 Å². The number of hydrogen-bond acceptors (Lipinski definition) is 3. The largest absolute Gasteiger partial charge is 0.394 e. The Morgan fingerprint density at radius 1 is 1.19 bits per heavy atom. The van der Waals surface area contributed by atoms with E-state index in [1.807, 2.05) is 0 Å². The van der Waals surface area contributed by atoms with E-state index >= 15 is 0 Å². The van der Waals surface area contributed by atoms with Gasteiger partial charge in [0.25, 0.3) is 0 Å². The average Bonchev–Trinajstić information content (AvgIpc) is 2.25. The third kappa shape index (κ3) is 4.38. The second-order valence-corrected chi connectivity index (χ2v) is 6.13. The monoisotopic (exact) mass is 397 g/mol. The quantitative estimate of drug-likeness (QED) is 0.586. The third-order valence-electron chi connectivity index (χ3n) is 3.66. The molecule has 6 heteroatoms. The SMILES string of the molecule is C[C@@H]1[C@H](C)[C@@H](C)C(CO)O[C@@H]1COPI.[V]. The summed E-state index contributed by atoms with van der Waals surface area (Å²) in [4.78, 5) is 0. The van der Waals surface area contributed by atoms with E-state index in [0.29, 0.717) is 30.8 Å². The molecule has 0 aromatic rings. The molecule has 0 saturated carbocycles. The van der Waals surface area contributed by atoms with Crippen LogP contribution in [0.2, 0.25) is 0 Å². The zero-order valence-electron chi connectivity index (χ0n) is 9.89. The first kappa shape index (κ1) is 17.6. The molecule has 1 fully saturated rings. The fraction of sp³-hybridized carbons (Fsp3) is 1.00. The molecule has 1 rings (SSSR count). The maximum atomic E-state index is 9.24. The van der Waals surface area contributed by atoms with Crippen LogP contribution in [0.5, 0.6) is 0 Å². The van der Waals surface area contributed by atoms with Gasteiger partial charge in [0.15, 0.2) is 0 Å². The number of aliphatic hydroxyl groups is 1. The zero-order chi connectivity index (χ0) is 11.4. The summed E-state index contributed by atoms with van der Waals surface area (Å²) in [7, 11) is 0. The molecule has 0 aromatic heterocycles. The first-order chi connectivity index (χ1) is 7.11. The summed E-state index contributed by atoms with van der Waals surface area (Å²) in [6, 6.07) is 0. The third-order valence-corrected chi connectivity index (χ3v) is 4.87. The van der Waals surface area contributed by atoms with Crippen molar-refractivity contribution in [2.24, 2.45) is 17.8 Å². The van der Waals surface area contributed by atoms with E-state index in [9.17, 15) is 5.11 Å². The number of ether oxygens (including phenoxy) is 1. The van der Waals surface area contributed by atoms with Crippen LogP contribution in [0.15, 0.2) is 0 Å². The fourth-order valence-electron chi connectivity index (χ4n) is 2.14. The Bertz CT molecular complexity index is 197. The average molecular weight is 397 g/mol. The molecule has 6 atom stereocenters. The van der Waals surface area contributed by atoms with Crippen LogP contribution in [0.1, 0.15) is 20.8 Å². The summed E-state index contributed by atoms with van der Waals surface area (Å²) in [6.07, 6.45) is 0.109. The van der Waals surface area contributed by atoms with E-state index in [1.54, 1.807) is 0 Å². The van der Waals surface area contributed by atoms with Crippen LogP contribution in [-0.4, -0.2) is 30.5 Å². The van der Waals surface area contributed by atoms with Gasteiger partial charge in [0.1, 0.15) is 0 Å². The Hall–Kier alpha value is 1.62. The second-order valence-electron chi connectivity index (χ2n) is 4.36. The maximum absolute atomic E-state index is 9.24. The Labute approximate surface area is 125 Å². The topological polar surface area (TPSA) is 38.7 Å². The van der Waals surface area contributed by atoms with Crippen LogP contribution in [0.25, 0.3) is 0 Å². The summed E-state index contributed by atoms with van der Waals surface area (Å²) in [5, 5.41) is 9.24. The van der Waals surface area contributed by atoms with Gasteiger partial charge in [-0.15, -0.1) is 0 Å². The molecule has 1 aliphatic rings. The van der Waals surface area contributed by atoms with Gasteiger partial charge in [-0.05, 0) is 39.8 Å². The molecule has 0 amide bonds. The first-order valence-electron chi connectivity index (χ1n) is 5.35. The molecule has 0 aromatic carbocycles. The van der Waals surface area contributed by atoms with E-state index in [2.05, 4.69) is 42.8 Å². The van der Waals surface area contributed by atoms with Crippen molar-refractivity contribution in [3.05, 3.63) is 0 Å². The van der Waals surface area contributed by atoms with Crippen LogP contribution >= 0.6 is 28.5 Å². The molecule has 16 heavy (non-hydrogen) atoms. The first-order valence-corrected chi connectivity index (χ1v) is 9.37. The van der Waals surface area contributed by atoms with Gasteiger partial charge in [0.05, 0.1) is 31.9 Å². The molecule has 0 spiro atoms. The zero-order valence-corrected chi connectivity index (χ0v) is 14.4. The van der Waals surface area contributed by atoms with Crippen molar-refractivity contribution in [3.63, 3.8) is 0 Å². The van der Waals surface area contributed by atoms with Crippen molar-refractivity contribution in [1.29, 1.82) is 0 Å². The van der Waals surface area contributed by atoms with Gasteiger partial charge >= 0.3 is 0 Å². The van der Waals surface area contributed by atoms with Crippen molar-refractivity contribution >= 4 is 28.5 Å². The molecule has 3 nitrogen and oxygen atoms in total. The second kappa shape index (κ2) is 8.68. The predicted octanol–water partition coefficient (Wildman–Crippen LogP) is 2.61. The molecule has 95 valence electrons. The molecular weight excluding hydrogens is 377 g/mol. The van der Waals surface area contributed by atoms with Gasteiger partial charge in [0.2, 0.25) is 0 Å². The predicted molar refractivity (Wildman–Crippen MR) is 71.5 cm³/mol. The van der Waals surface area contributed by atoms with Gasteiger partial charge in [0, 0.05) is 18.6 Å². The Balaban J connectivity index is 0.00000225. The molecule has 2 unspecified atom stereocenters. The molecule has 1 heterocycles. The van der Waals surface area contributed by atoms with Crippen LogP contribution in [0.4, 0.5) is 0 Å². The molecule has 1 saturated heterocycles. The minimum atomic E-state index is -0.0256. The van der Waals surface area contributed by atoms with Gasteiger partial charge in [-0.1, -0.05) is 20.8 Å². The van der Waals surface area contributed by atoms with E-state index in [-0.39, 0.29) is 37.4 Å². The van der Waals surface area contributed by atoms with Crippen LogP contribution in [0.3, 0.4) is 0 Å². The summed E-state index contributed by atoms with van der Waals surface area (Å²) < 4.78 is 11.3. The van der Waals surface area contributed by atoms with Crippen LogP contribution in [0, 0.1) is 17.8 Å². The number of hydrogen-bond donors (Lipinski definition) is 1. The van der Waals surface area contributed by atoms with E-state index in [4.69, 9.17) is 9.26 Å². The maximum Gasteiger partial charge on any atom is 0.0845 e. The van der Waals surface area contributed by atoms with Gasteiger partial charge < -0.3 is 14.4 Å². The minimum absolute atomic E-state index is 0. The Morgan fingerprint density at radius 3 is 2.25 bits per heavy atom. The standard InChI is InChI=1S/C10H20IO3P.V/c1-6-7(2)9(4-12)14-10(8(6)3)5-13-15-11;/h6-10,12,15H,4-5H2,1-3H3;/t6-,7-,8-,9?,10-;/m1./s1. The fourth-order valence-corrected chi connectivity index (χ4v) is 2.91. The number of aliphatic hydroxyl groups excluding tert-OH is 1. The van der Waals surface area contributed by atoms with Crippen molar-refractivity contribution in [3.8, 4) is 0 Å². The number of rotatable bonds is 4. The van der Waals surface area contributed by atoms with Crippen LogP contribution in [-0.2, 0) is 27.8 Å². The Morgan fingerprint density at radius 2 is 1.75 bits per heavy atom. The summed E-state index contributed by atoms with van der Waals surface area (Å²) >= 11 is 2.22.